The normalized spacial score (nSPS) is 22.4. The van der Waals surface area contributed by atoms with Gasteiger partial charge in [-0.15, -0.1) is 0 Å². The van der Waals surface area contributed by atoms with Crippen LogP contribution in [0, 0.1) is 0 Å². The summed E-state index contributed by atoms with van der Waals surface area (Å²) in [5.74, 6) is 0.883. The number of aromatic nitrogens is 1. The Morgan fingerprint density at radius 1 is 1.29 bits per heavy atom. The summed E-state index contributed by atoms with van der Waals surface area (Å²) in [6.07, 6.45) is 6.52. The molecule has 3 heterocycles. The van der Waals surface area contributed by atoms with Crippen molar-refractivity contribution in [2.75, 3.05) is 51.3 Å². The second-order valence-corrected chi connectivity index (χ2v) is 6.68. The summed E-state index contributed by atoms with van der Waals surface area (Å²) in [4.78, 5) is 21.3. The van der Waals surface area contributed by atoms with E-state index in [2.05, 4.69) is 27.1 Å². The molecule has 0 aliphatic carbocycles. The summed E-state index contributed by atoms with van der Waals surface area (Å²) in [6.45, 7) is 5.07. The van der Waals surface area contributed by atoms with Gasteiger partial charge in [-0.1, -0.05) is 6.42 Å². The first-order valence-electron chi connectivity index (χ1n) is 9.01. The second-order valence-electron chi connectivity index (χ2n) is 6.68. The number of rotatable bonds is 5. The van der Waals surface area contributed by atoms with Crippen molar-refractivity contribution in [1.29, 1.82) is 0 Å². The lowest BCUT2D eigenvalue weighted by atomic mass is 10.0. The largest absolute Gasteiger partial charge is 0.378 e. The average Bonchev–Trinajstić information content (AvgIpc) is 2.64. The molecule has 2 aliphatic rings. The molecule has 1 amide bonds. The van der Waals surface area contributed by atoms with Crippen molar-refractivity contribution in [2.45, 2.75) is 31.7 Å². The van der Waals surface area contributed by atoms with Gasteiger partial charge in [-0.2, -0.15) is 0 Å². The fraction of sp³-hybridized carbons (Fsp3) is 0.667. The molecule has 6 heteroatoms. The zero-order chi connectivity index (χ0) is 16.8. The van der Waals surface area contributed by atoms with Crippen LogP contribution in [0.1, 0.15) is 36.0 Å². The number of hydrogen-bond acceptors (Lipinski definition) is 5. The molecular weight excluding hydrogens is 304 g/mol. The van der Waals surface area contributed by atoms with E-state index in [0.29, 0.717) is 11.6 Å². The zero-order valence-electron chi connectivity index (χ0n) is 14.5. The molecule has 3 rings (SSSR count). The fourth-order valence-corrected chi connectivity index (χ4v) is 3.46. The molecule has 1 unspecified atom stereocenters. The van der Waals surface area contributed by atoms with Crippen LogP contribution < -0.4 is 10.2 Å². The predicted octanol–water partition coefficient (Wildman–Crippen LogP) is 1.52. The van der Waals surface area contributed by atoms with Crippen LogP contribution in [-0.2, 0) is 4.74 Å². The third-order valence-corrected chi connectivity index (χ3v) is 5.03. The Kier molecular flexibility index (Phi) is 6.04. The van der Waals surface area contributed by atoms with E-state index < -0.39 is 0 Å². The molecule has 1 aromatic rings. The Morgan fingerprint density at radius 2 is 2.12 bits per heavy atom. The lowest BCUT2D eigenvalue weighted by molar-refractivity contribution is 0.0945. The molecule has 132 valence electrons. The number of nitrogens with one attached hydrogen (secondary N) is 1. The quantitative estimate of drug-likeness (QED) is 0.886. The zero-order valence-corrected chi connectivity index (χ0v) is 14.5. The van der Waals surface area contributed by atoms with Crippen LogP contribution in [0.3, 0.4) is 0 Å². The number of anilines is 1. The maximum Gasteiger partial charge on any atom is 0.252 e. The summed E-state index contributed by atoms with van der Waals surface area (Å²) < 4.78 is 5.35. The number of ether oxygens (including phenoxy) is 1. The van der Waals surface area contributed by atoms with E-state index in [-0.39, 0.29) is 5.91 Å². The van der Waals surface area contributed by atoms with Crippen molar-refractivity contribution in [2.24, 2.45) is 0 Å². The summed E-state index contributed by atoms with van der Waals surface area (Å²) in [7, 11) is 2.18. The molecule has 2 aliphatic heterocycles. The predicted molar refractivity (Wildman–Crippen MR) is 94.5 cm³/mol. The Labute approximate surface area is 144 Å². The van der Waals surface area contributed by atoms with Crippen LogP contribution >= 0.6 is 0 Å². The van der Waals surface area contributed by atoms with Crippen molar-refractivity contribution < 1.29 is 9.53 Å². The minimum Gasteiger partial charge on any atom is -0.378 e. The average molecular weight is 332 g/mol. The molecule has 24 heavy (non-hydrogen) atoms. The molecule has 1 atom stereocenters. The summed E-state index contributed by atoms with van der Waals surface area (Å²) in [6, 6.07) is 4.38. The van der Waals surface area contributed by atoms with Gasteiger partial charge in [0.1, 0.15) is 5.82 Å². The van der Waals surface area contributed by atoms with Gasteiger partial charge in [0, 0.05) is 31.9 Å². The van der Waals surface area contributed by atoms with Gasteiger partial charge in [-0.3, -0.25) is 4.79 Å². The van der Waals surface area contributed by atoms with Crippen molar-refractivity contribution >= 4 is 11.7 Å². The topological polar surface area (TPSA) is 57.7 Å². The number of nitrogens with zero attached hydrogens (tertiary/aromatic N) is 3. The highest BCUT2D eigenvalue weighted by molar-refractivity contribution is 5.94. The monoisotopic (exact) mass is 332 g/mol. The van der Waals surface area contributed by atoms with E-state index in [1.807, 2.05) is 12.1 Å². The van der Waals surface area contributed by atoms with Gasteiger partial charge in [0.2, 0.25) is 0 Å². The number of morpholine rings is 1. The minimum atomic E-state index is -0.0329. The van der Waals surface area contributed by atoms with Gasteiger partial charge < -0.3 is 19.9 Å². The highest BCUT2D eigenvalue weighted by atomic mass is 16.5. The number of carbonyl (C=O) groups excluding carboxylic acids is 1. The number of amides is 1. The third kappa shape index (κ3) is 4.45. The van der Waals surface area contributed by atoms with Crippen molar-refractivity contribution in [3.63, 3.8) is 0 Å². The van der Waals surface area contributed by atoms with E-state index in [4.69, 9.17) is 4.74 Å². The van der Waals surface area contributed by atoms with Gasteiger partial charge in [0.15, 0.2) is 0 Å². The van der Waals surface area contributed by atoms with Gasteiger partial charge in [0.25, 0.3) is 5.91 Å². The maximum atomic E-state index is 12.3. The first-order valence-corrected chi connectivity index (χ1v) is 9.01. The Hall–Kier alpha value is -1.66. The molecule has 6 nitrogen and oxygen atoms in total. The van der Waals surface area contributed by atoms with E-state index in [0.717, 1.165) is 45.1 Å². The van der Waals surface area contributed by atoms with Crippen LogP contribution in [0.15, 0.2) is 18.3 Å². The SMILES string of the molecule is CN1CCCCC1CCNC(=O)c1ccc(N2CCOCC2)nc1. The summed E-state index contributed by atoms with van der Waals surface area (Å²) in [5, 5.41) is 3.03. The van der Waals surface area contributed by atoms with Gasteiger partial charge >= 0.3 is 0 Å². The number of pyridine rings is 1. The second kappa shape index (κ2) is 8.44. The standard InChI is InChI=1S/C18H28N4O2/c1-21-9-3-2-4-16(21)7-8-19-18(23)15-5-6-17(20-14-15)22-10-12-24-13-11-22/h5-6,14,16H,2-4,7-13H2,1H3,(H,19,23). The van der Waals surface area contributed by atoms with Gasteiger partial charge in [-0.25, -0.2) is 4.98 Å². The van der Waals surface area contributed by atoms with Crippen LogP contribution in [-0.4, -0.2) is 68.3 Å². The molecule has 0 aromatic carbocycles. The highest BCUT2D eigenvalue weighted by Crippen LogP contribution is 2.17. The van der Waals surface area contributed by atoms with Crippen molar-refractivity contribution in [3.8, 4) is 0 Å². The Bertz CT molecular complexity index is 528. The molecule has 2 saturated heterocycles. The van der Waals surface area contributed by atoms with E-state index in [1.54, 1.807) is 6.20 Å². The van der Waals surface area contributed by atoms with Crippen LogP contribution in [0.4, 0.5) is 5.82 Å². The molecule has 0 spiro atoms. The number of likely N-dealkylation sites (tertiary alicyclic amines) is 1. The van der Waals surface area contributed by atoms with E-state index in [9.17, 15) is 4.79 Å². The van der Waals surface area contributed by atoms with Crippen molar-refractivity contribution in [1.82, 2.24) is 15.2 Å². The third-order valence-electron chi connectivity index (χ3n) is 5.03. The van der Waals surface area contributed by atoms with Crippen LogP contribution in [0.5, 0.6) is 0 Å². The number of hydrogen-bond donors (Lipinski definition) is 1. The molecule has 0 radical (unpaired) electrons. The fourth-order valence-electron chi connectivity index (χ4n) is 3.46. The molecule has 0 saturated carbocycles. The van der Waals surface area contributed by atoms with E-state index in [1.165, 1.54) is 25.8 Å². The molecule has 2 fully saturated rings. The van der Waals surface area contributed by atoms with Gasteiger partial charge in [-0.05, 0) is 45.0 Å². The van der Waals surface area contributed by atoms with Crippen molar-refractivity contribution in [3.05, 3.63) is 23.9 Å². The first kappa shape index (κ1) is 17.2. The molecule has 0 bridgehead atoms. The van der Waals surface area contributed by atoms with Crippen LogP contribution in [0.25, 0.3) is 0 Å². The lowest BCUT2D eigenvalue weighted by Crippen LogP contribution is -2.39. The molecule has 1 N–H and O–H groups in total. The smallest absolute Gasteiger partial charge is 0.252 e. The number of piperidine rings is 1. The van der Waals surface area contributed by atoms with E-state index >= 15 is 0 Å². The van der Waals surface area contributed by atoms with Gasteiger partial charge in [0.05, 0.1) is 18.8 Å². The Morgan fingerprint density at radius 3 is 2.83 bits per heavy atom. The lowest BCUT2D eigenvalue weighted by Gasteiger charge is -2.32. The molecule has 1 aromatic heterocycles. The highest BCUT2D eigenvalue weighted by Gasteiger charge is 2.19. The molecular formula is C18H28N4O2. The maximum absolute atomic E-state index is 12.3. The first-order chi connectivity index (χ1) is 11.7. The Balaban J connectivity index is 1.46. The summed E-state index contributed by atoms with van der Waals surface area (Å²) in [5.41, 5.74) is 0.629. The van der Waals surface area contributed by atoms with Crippen LogP contribution in [0.2, 0.25) is 0 Å². The summed E-state index contributed by atoms with van der Waals surface area (Å²) >= 11 is 0. The minimum absolute atomic E-state index is 0.0329. The number of carbonyl (C=O) groups is 1.